The molecule has 8 nitrogen and oxygen atoms in total. The average Bonchev–Trinajstić information content (AvgIpc) is 3.02. The third kappa shape index (κ3) is 5.87. The number of hydrogen-bond acceptors (Lipinski definition) is 7. The van der Waals surface area contributed by atoms with Crippen LogP contribution in [0.4, 0.5) is 5.69 Å². The number of hydrogen-bond donors (Lipinski definition) is 3. The number of amides is 1. The first-order chi connectivity index (χ1) is 13.0. The monoisotopic (exact) mass is 451 g/mol. The first-order valence-electron chi connectivity index (χ1n) is 9.36. The Hall–Kier alpha value is -1.29. The van der Waals surface area contributed by atoms with E-state index in [4.69, 9.17) is 9.47 Å². The lowest BCUT2D eigenvalue weighted by molar-refractivity contribution is -0.119. The summed E-state index contributed by atoms with van der Waals surface area (Å²) in [5, 5.41) is 22.9. The van der Waals surface area contributed by atoms with E-state index in [0.717, 1.165) is 37.6 Å². The summed E-state index contributed by atoms with van der Waals surface area (Å²) in [5.74, 6) is 0.708. The number of carbonyl (C=O) groups excluding carboxylic acids is 1. The molecule has 2 fully saturated rings. The van der Waals surface area contributed by atoms with Crippen LogP contribution >= 0.6 is 24.8 Å². The van der Waals surface area contributed by atoms with Gasteiger partial charge in [0, 0.05) is 39.6 Å². The Morgan fingerprint density at radius 2 is 1.86 bits per heavy atom. The summed E-state index contributed by atoms with van der Waals surface area (Å²) in [6.45, 7) is 4.61. The highest BCUT2D eigenvalue weighted by Gasteiger charge is 2.46. The Bertz CT molecular complexity index is 646. The fourth-order valence-corrected chi connectivity index (χ4v) is 3.99. The maximum absolute atomic E-state index is 11.3. The molecule has 29 heavy (non-hydrogen) atoms. The normalized spacial score (nSPS) is 27.0. The minimum Gasteiger partial charge on any atom is -0.495 e. The van der Waals surface area contributed by atoms with E-state index in [9.17, 15) is 15.0 Å². The summed E-state index contributed by atoms with van der Waals surface area (Å²) in [6, 6.07) is 7.68. The molecule has 1 aromatic carbocycles. The maximum atomic E-state index is 11.3. The molecule has 2 aliphatic heterocycles. The first-order valence-corrected chi connectivity index (χ1v) is 9.36. The number of anilines is 1. The lowest BCUT2D eigenvalue weighted by Gasteiger charge is -2.41. The predicted molar refractivity (Wildman–Crippen MR) is 116 cm³/mol. The van der Waals surface area contributed by atoms with Gasteiger partial charge in [0.25, 0.3) is 0 Å². The average molecular weight is 452 g/mol. The Labute approximate surface area is 184 Å². The maximum Gasteiger partial charge on any atom is 0.216 e. The molecule has 0 bridgehead atoms. The minimum atomic E-state index is -0.786. The largest absolute Gasteiger partial charge is 0.495 e. The fourth-order valence-electron chi connectivity index (χ4n) is 3.99. The molecular formula is C19H31Cl2N3O5. The number of rotatable bonds is 6. The number of nitrogens with one attached hydrogen (secondary N) is 1. The molecule has 10 heteroatoms. The quantitative estimate of drug-likeness (QED) is 0.571. The van der Waals surface area contributed by atoms with Crippen molar-refractivity contribution in [1.29, 1.82) is 0 Å². The van der Waals surface area contributed by atoms with Gasteiger partial charge in [-0.25, -0.2) is 0 Å². The second kappa shape index (κ2) is 11.8. The third-order valence-electron chi connectivity index (χ3n) is 5.36. The molecule has 2 aliphatic rings. The molecule has 2 saturated heterocycles. The van der Waals surface area contributed by atoms with E-state index in [-0.39, 0.29) is 49.5 Å². The predicted octanol–water partition coefficient (Wildman–Crippen LogP) is 0.286. The van der Waals surface area contributed by atoms with E-state index < -0.39 is 12.2 Å². The van der Waals surface area contributed by atoms with Crippen molar-refractivity contribution in [1.82, 2.24) is 10.2 Å². The molecule has 0 aromatic heterocycles. The topological polar surface area (TPSA) is 94.5 Å². The number of halogens is 2. The summed E-state index contributed by atoms with van der Waals surface area (Å²) >= 11 is 0. The third-order valence-corrected chi connectivity index (χ3v) is 5.36. The molecule has 166 valence electrons. The van der Waals surface area contributed by atoms with Gasteiger partial charge >= 0.3 is 0 Å². The van der Waals surface area contributed by atoms with Crippen molar-refractivity contribution >= 4 is 36.4 Å². The standard InChI is InChI=1S/C19H29N3O5.2ClH/c1-13(24)20-11-16-18(19(25)17(12-23)27-16)22-9-7-21(8-10-22)14-5-3-4-6-15(14)26-2;;/h3-6,16-19,23,25H,7-12H2,1-2H3,(H,20,24);2*1H/t16-,17+,18+,19-;;/m1../s1. The van der Waals surface area contributed by atoms with Crippen molar-refractivity contribution < 1.29 is 24.5 Å². The van der Waals surface area contributed by atoms with Crippen molar-refractivity contribution in [2.24, 2.45) is 0 Å². The Kier molecular flexibility index (Phi) is 10.5. The lowest BCUT2D eigenvalue weighted by atomic mass is 10.0. The Balaban J connectivity index is 0.00000210. The lowest BCUT2D eigenvalue weighted by Crippen LogP contribution is -2.57. The van der Waals surface area contributed by atoms with Gasteiger partial charge in [0.1, 0.15) is 18.0 Å². The number of methoxy groups -OCH3 is 1. The first kappa shape index (κ1) is 25.7. The number of piperazine rings is 1. The molecule has 0 saturated carbocycles. The Morgan fingerprint density at radius 1 is 1.21 bits per heavy atom. The van der Waals surface area contributed by atoms with Gasteiger partial charge < -0.3 is 29.9 Å². The molecule has 2 heterocycles. The molecule has 0 unspecified atom stereocenters. The molecule has 3 N–H and O–H groups in total. The number of ether oxygens (including phenoxy) is 2. The van der Waals surface area contributed by atoms with Gasteiger partial charge in [0.15, 0.2) is 0 Å². The zero-order chi connectivity index (χ0) is 19.4. The number of benzene rings is 1. The molecule has 1 amide bonds. The molecule has 0 spiro atoms. The van der Waals surface area contributed by atoms with Gasteiger partial charge in [-0.05, 0) is 12.1 Å². The highest BCUT2D eigenvalue weighted by Crippen LogP contribution is 2.31. The van der Waals surface area contributed by atoms with E-state index in [2.05, 4.69) is 15.1 Å². The van der Waals surface area contributed by atoms with Crippen LogP contribution in [0.2, 0.25) is 0 Å². The van der Waals surface area contributed by atoms with E-state index in [0.29, 0.717) is 6.54 Å². The van der Waals surface area contributed by atoms with Gasteiger partial charge in [-0.3, -0.25) is 9.69 Å². The summed E-state index contributed by atoms with van der Waals surface area (Å²) in [4.78, 5) is 15.7. The van der Waals surface area contributed by atoms with E-state index >= 15 is 0 Å². The van der Waals surface area contributed by atoms with Crippen LogP contribution in [0.5, 0.6) is 5.75 Å². The van der Waals surface area contributed by atoms with Gasteiger partial charge in [0.05, 0.1) is 31.5 Å². The molecule has 1 aromatic rings. The van der Waals surface area contributed by atoms with Crippen LogP contribution in [-0.4, -0.2) is 91.8 Å². The second-order valence-electron chi connectivity index (χ2n) is 7.01. The zero-order valence-electron chi connectivity index (χ0n) is 16.7. The Morgan fingerprint density at radius 3 is 2.45 bits per heavy atom. The van der Waals surface area contributed by atoms with E-state index in [1.165, 1.54) is 6.92 Å². The van der Waals surface area contributed by atoms with Crippen molar-refractivity contribution in [3.05, 3.63) is 24.3 Å². The van der Waals surface area contributed by atoms with Crippen molar-refractivity contribution in [3.63, 3.8) is 0 Å². The van der Waals surface area contributed by atoms with Crippen LogP contribution in [0.25, 0.3) is 0 Å². The van der Waals surface area contributed by atoms with Crippen LogP contribution in [0, 0.1) is 0 Å². The van der Waals surface area contributed by atoms with Crippen molar-refractivity contribution in [2.45, 2.75) is 31.3 Å². The van der Waals surface area contributed by atoms with Gasteiger partial charge in [-0.2, -0.15) is 0 Å². The SMILES string of the molecule is COc1ccccc1N1CCN([C@@H]2[C@H](O)[C@H](CO)O[C@@H]2CNC(C)=O)CC1.Cl.Cl. The summed E-state index contributed by atoms with van der Waals surface area (Å²) in [7, 11) is 1.67. The number of aliphatic hydroxyl groups excluding tert-OH is 2. The fraction of sp³-hybridized carbons (Fsp3) is 0.632. The minimum absolute atomic E-state index is 0. The van der Waals surface area contributed by atoms with E-state index in [1.54, 1.807) is 7.11 Å². The van der Waals surface area contributed by atoms with Crippen LogP contribution < -0.4 is 15.0 Å². The highest BCUT2D eigenvalue weighted by molar-refractivity contribution is 5.85. The van der Waals surface area contributed by atoms with Gasteiger partial charge in [-0.1, -0.05) is 12.1 Å². The van der Waals surface area contributed by atoms with Crippen LogP contribution in [0.3, 0.4) is 0 Å². The van der Waals surface area contributed by atoms with Crippen LogP contribution in [-0.2, 0) is 9.53 Å². The number of para-hydroxylation sites is 2. The second-order valence-corrected chi connectivity index (χ2v) is 7.01. The van der Waals surface area contributed by atoms with Crippen LogP contribution in [0.15, 0.2) is 24.3 Å². The number of aliphatic hydroxyl groups is 2. The van der Waals surface area contributed by atoms with E-state index in [1.807, 2.05) is 24.3 Å². The number of nitrogens with zero attached hydrogens (tertiary/aromatic N) is 2. The molecule has 4 atom stereocenters. The summed E-state index contributed by atoms with van der Waals surface area (Å²) < 4.78 is 11.3. The van der Waals surface area contributed by atoms with Crippen molar-refractivity contribution in [2.75, 3.05) is 51.3 Å². The number of carbonyl (C=O) groups is 1. The zero-order valence-corrected chi connectivity index (χ0v) is 18.3. The van der Waals surface area contributed by atoms with Gasteiger partial charge in [-0.15, -0.1) is 24.8 Å². The molecule has 0 aliphatic carbocycles. The summed E-state index contributed by atoms with van der Waals surface area (Å²) in [6.07, 6.45) is -1.76. The summed E-state index contributed by atoms with van der Waals surface area (Å²) in [5.41, 5.74) is 1.06. The molecule has 3 rings (SSSR count). The van der Waals surface area contributed by atoms with Crippen molar-refractivity contribution in [3.8, 4) is 5.75 Å². The van der Waals surface area contributed by atoms with Crippen LogP contribution in [0.1, 0.15) is 6.92 Å². The smallest absolute Gasteiger partial charge is 0.216 e. The molecule has 0 radical (unpaired) electrons. The van der Waals surface area contributed by atoms with Gasteiger partial charge in [0.2, 0.25) is 5.91 Å². The molecular weight excluding hydrogens is 421 g/mol. The highest BCUT2D eigenvalue weighted by atomic mass is 35.5.